The molecule has 1 aliphatic heterocycles. The zero-order valence-electron chi connectivity index (χ0n) is 16.0. The van der Waals surface area contributed by atoms with E-state index in [9.17, 15) is 18.0 Å². The van der Waals surface area contributed by atoms with Crippen molar-refractivity contribution in [1.29, 1.82) is 0 Å². The van der Waals surface area contributed by atoms with Crippen molar-refractivity contribution < 1.29 is 18.0 Å². The van der Waals surface area contributed by atoms with E-state index < -0.39 is 28.7 Å². The van der Waals surface area contributed by atoms with Crippen molar-refractivity contribution in [1.82, 2.24) is 14.9 Å². The molecule has 0 radical (unpaired) electrons. The summed E-state index contributed by atoms with van der Waals surface area (Å²) in [4.78, 5) is 22.4. The number of nitrogens with two attached hydrogens (primary N) is 2. The van der Waals surface area contributed by atoms with Gasteiger partial charge in [0.15, 0.2) is 0 Å². The monoisotopic (exact) mass is 438 g/mol. The topological polar surface area (TPSA) is 101 Å². The maximum absolute atomic E-state index is 13.1. The van der Waals surface area contributed by atoms with Crippen molar-refractivity contribution in [2.75, 3.05) is 5.01 Å². The molecule has 1 aromatic carbocycles. The van der Waals surface area contributed by atoms with Crippen LogP contribution in [0.4, 0.5) is 19.1 Å². The number of nitrogens with zero attached hydrogens (tertiary/aromatic N) is 4. The number of benzene rings is 1. The maximum Gasteiger partial charge on any atom is 0.417 e. The first-order valence-electron chi connectivity index (χ1n) is 8.73. The van der Waals surface area contributed by atoms with Crippen LogP contribution in [0.25, 0.3) is 0 Å². The number of anilines is 1. The zero-order chi connectivity index (χ0) is 22.2. The number of aromatic nitrogens is 2. The first-order chi connectivity index (χ1) is 14.0. The van der Waals surface area contributed by atoms with E-state index in [1.165, 1.54) is 34.4 Å². The molecule has 0 aliphatic carbocycles. The van der Waals surface area contributed by atoms with E-state index in [0.29, 0.717) is 11.4 Å². The van der Waals surface area contributed by atoms with Crippen LogP contribution in [-0.2, 0) is 6.18 Å². The van der Waals surface area contributed by atoms with Gasteiger partial charge in [0.1, 0.15) is 0 Å². The van der Waals surface area contributed by atoms with Crippen molar-refractivity contribution in [2.24, 2.45) is 11.6 Å². The average Bonchev–Trinajstić information content (AvgIpc) is 2.68. The van der Waals surface area contributed by atoms with Gasteiger partial charge in [-0.15, -0.1) is 0 Å². The van der Waals surface area contributed by atoms with E-state index >= 15 is 0 Å². The van der Waals surface area contributed by atoms with E-state index in [0.717, 1.165) is 12.1 Å². The SMILES string of the molecule is Cc1ccnc(N(N)C2=C(N)C(C)N(C(=O)c3cccc(C(F)(F)F)c3Cl)C=C2)n1. The Morgan fingerprint density at radius 2 is 2.00 bits per heavy atom. The molecule has 30 heavy (non-hydrogen) atoms. The second-order valence-corrected chi connectivity index (χ2v) is 6.96. The molecule has 1 aromatic heterocycles. The Balaban J connectivity index is 1.91. The number of rotatable bonds is 3. The largest absolute Gasteiger partial charge is 0.417 e. The highest BCUT2D eigenvalue weighted by Crippen LogP contribution is 2.37. The van der Waals surface area contributed by atoms with Crippen LogP contribution in [0.2, 0.25) is 5.02 Å². The number of alkyl halides is 3. The van der Waals surface area contributed by atoms with Crippen molar-refractivity contribution in [2.45, 2.75) is 26.1 Å². The Morgan fingerprint density at radius 3 is 2.63 bits per heavy atom. The third kappa shape index (κ3) is 3.96. The van der Waals surface area contributed by atoms with Gasteiger partial charge in [0.25, 0.3) is 5.91 Å². The molecule has 7 nitrogen and oxygen atoms in total. The molecule has 158 valence electrons. The number of carbonyl (C=O) groups excluding carboxylic acids is 1. The number of aryl methyl sites for hydroxylation is 1. The van der Waals surface area contributed by atoms with Gasteiger partial charge in [0.05, 0.1) is 33.6 Å². The predicted octanol–water partition coefficient (Wildman–Crippen LogP) is 3.37. The predicted molar refractivity (Wildman–Crippen MR) is 106 cm³/mol. The molecule has 0 spiro atoms. The second-order valence-electron chi connectivity index (χ2n) is 6.58. The van der Waals surface area contributed by atoms with Crippen molar-refractivity contribution in [3.63, 3.8) is 0 Å². The standard InChI is InChI=1S/C19H18ClF3N6O/c1-10-6-8-26-18(27-10)29(25)14-7-9-28(11(2)16(14)24)17(30)12-4-3-5-13(15(12)20)19(21,22)23/h3-9,11H,24-25H2,1-2H3. The summed E-state index contributed by atoms with van der Waals surface area (Å²) in [5.41, 5.74) is 6.07. The van der Waals surface area contributed by atoms with Gasteiger partial charge in [-0.3, -0.25) is 4.79 Å². The molecule has 0 saturated carbocycles. The Hall–Kier alpha value is -3.11. The van der Waals surface area contributed by atoms with Gasteiger partial charge in [-0.25, -0.2) is 20.8 Å². The van der Waals surface area contributed by atoms with Gasteiger partial charge < -0.3 is 10.6 Å². The summed E-state index contributed by atoms with van der Waals surface area (Å²) in [6.07, 6.45) is -0.308. The summed E-state index contributed by atoms with van der Waals surface area (Å²) in [7, 11) is 0. The minimum Gasteiger partial charge on any atom is -0.399 e. The van der Waals surface area contributed by atoms with Crippen molar-refractivity contribution in [3.05, 3.63) is 76.0 Å². The van der Waals surface area contributed by atoms with Gasteiger partial charge >= 0.3 is 6.18 Å². The lowest BCUT2D eigenvalue weighted by Gasteiger charge is -2.33. The highest BCUT2D eigenvalue weighted by Gasteiger charge is 2.36. The number of hydrogen-bond acceptors (Lipinski definition) is 6. The van der Waals surface area contributed by atoms with Crippen molar-refractivity contribution >= 4 is 23.5 Å². The molecule has 2 heterocycles. The lowest BCUT2D eigenvalue weighted by molar-refractivity contribution is -0.137. The molecule has 0 bridgehead atoms. The number of allylic oxidation sites excluding steroid dienone is 1. The molecular weight excluding hydrogens is 421 g/mol. The maximum atomic E-state index is 13.1. The molecule has 11 heteroatoms. The van der Waals surface area contributed by atoms with Crippen LogP contribution in [0.5, 0.6) is 0 Å². The van der Waals surface area contributed by atoms with Gasteiger partial charge in [-0.2, -0.15) is 13.2 Å². The number of amides is 1. The quantitative estimate of drug-likeness (QED) is 0.563. The van der Waals surface area contributed by atoms with E-state index in [-0.39, 0.29) is 17.2 Å². The highest BCUT2D eigenvalue weighted by molar-refractivity contribution is 6.34. The summed E-state index contributed by atoms with van der Waals surface area (Å²) in [6, 6.07) is 4.16. The fraction of sp³-hybridized carbons (Fsp3) is 0.211. The smallest absolute Gasteiger partial charge is 0.399 e. The third-order valence-electron chi connectivity index (χ3n) is 4.58. The van der Waals surface area contributed by atoms with E-state index in [2.05, 4.69) is 9.97 Å². The Morgan fingerprint density at radius 1 is 1.30 bits per heavy atom. The van der Waals surface area contributed by atoms with Gasteiger partial charge in [0, 0.05) is 18.1 Å². The molecule has 3 rings (SSSR count). The summed E-state index contributed by atoms with van der Waals surface area (Å²) < 4.78 is 39.4. The Kier molecular flexibility index (Phi) is 5.73. The summed E-state index contributed by atoms with van der Waals surface area (Å²) >= 11 is 5.89. The Labute approximate surface area is 175 Å². The molecule has 1 aliphatic rings. The summed E-state index contributed by atoms with van der Waals surface area (Å²) in [5.74, 6) is 5.56. The molecule has 0 fully saturated rings. The van der Waals surface area contributed by atoms with E-state index in [1.54, 1.807) is 19.9 Å². The highest BCUT2D eigenvalue weighted by atomic mass is 35.5. The van der Waals surface area contributed by atoms with Crippen molar-refractivity contribution in [3.8, 4) is 0 Å². The van der Waals surface area contributed by atoms with E-state index in [1.807, 2.05) is 0 Å². The number of halogens is 4. The number of carbonyl (C=O) groups is 1. The average molecular weight is 439 g/mol. The zero-order valence-corrected chi connectivity index (χ0v) is 16.7. The van der Waals surface area contributed by atoms with E-state index in [4.69, 9.17) is 23.2 Å². The lowest BCUT2D eigenvalue weighted by Crippen LogP contribution is -2.44. The molecule has 0 saturated heterocycles. The molecule has 1 atom stereocenters. The van der Waals surface area contributed by atoms with Gasteiger partial charge in [0.2, 0.25) is 5.95 Å². The fourth-order valence-electron chi connectivity index (χ4n) is 2.92. The van der Waals surface area contributed by atoms with Gasteiger partial charge in [-0.05, 0) is 38.1 Å². The summed E-state index contributed by atoms with van der Waals surface area (Å²) in [5, 5.41) is 0.506. The molecule has 2 aromatic rings. The fourth-order valence-corrected chi connectivity index (χ4v) is 3.23. The third-order valence-corrected chi connectivity index (χ3v) is 4.99. The van der Waals surface area contributed by atoms with Crippen LogP contribution in [0.3, 0.4) is 0 Å². The molecular formula is C19H18ClF3N6O. The summed E-state index contributed by atoms with van der Waals surface area (Å²) in [6.45, 7) is 3.39. The Bertz CT molecular complexity index is 1050. The molecule has 1 amide bonds. The first-order valence-corrected chi connectivity index (χ1v) is 9.11. The normalized spacial score (nSPS) is 16.8. The lowest BCUT2D eigenvalue weighted by atomic mass is 10.0. The molecule has 4 N–H and O–H groups in total. The second kappa shape index (κ2) is 7.96. The van der Waals surface area contributed by atoms with Crippen LogP contribution in [0.15, 0.2) is 54.1 Å². The number of hydrogen-bond donors (Lipinski definition) is 2. The minimum absolute atomic E-state index is 0.200. The van der Waals surface area contributed by atoms with Crippen LogP contribution in [0.1, 0.15) is 28.5 Å². The van der Waals surface area contributed by atoms with Crippen LogP contribution < -0.4 is 16.6 Å². The van der Waals surface area contributed by atoms with Gasteiger partial charge in [-0.1, -0.05) is 17.7 Å². The minimum atomic E-state index is -4.68. The van der Waals surface area contributed by atoms with Crippen LogP contribution in [-0.4, -0.2) is 26.8 Å². The first kappa shape index (κ1) is 21.6. The van der Waals surface area contributed by atoms with Crippen LogP contribution in [0, 0.1) is 6.92 Å². The van der Waals surface area contributed by atoms with Crippen LogP contribution >= 0.6 is 11.6 Å². The number of hydrazine groups is 1. The molecule has 1 unspecified atom stereocenters.